The monoisotopic (exact) mass is 253 g/mol. The summed E-state index contributed by atoms with van der Waals surface area (Å²) >= 11 is 0. The number of hydrogen-bond acceptors (Lipinski definition) is 4. The number of carbonyl (C=O) groups is 1. The van der Waals surface area contributed by atoms with Gasteiger partial charge >= 0.3 is 0 Å². The molecule has 0 fully saturated rings. The summed E-state index contributed by atoms with van der Waals surface area (Å²) in [5.74, 6) is 0.553. The molecule has 1 aromatic rings. The van der Waals surface area contributed by atoms with Crippen molar-refractivity contribution in [1.82, 2.24) is 4.90 Å². The van der Waals surface area contributed by atoms with Crippen molar-refractivity contribution < 1.29 is 19.0 Å². The molecule has 0 heterocycles. The molecule has 0 unspecified atom stereocenters. The average molecular weight is 253 g/mol. The van der Waals surface area contributed by atoms with Crippen LogP contribution in [0.1, 0.15) is 10.4 Å². The van der Waals surface area contributed by atoms with Crippen molar-refractivity contribution in [2.45, 2.75) is 6.29 Å². The number of ether oxygens (including phenoxy) is 3. The minimum Gasteiger partial charge on any atom is -0.497 e. The standard InChI is InChI=1S/C13H19NO4/c1-14(9-12(17-3)18-4)13(15)10-6-5-7-11(8-10)16-2/h5-8,12H,9H2,1-4H3. The Morgan fingerprint density at radius 2 is 1.94 bits per heavy atom. The fourth-order valence-corrected chi connectivity index (χ4v) is 1.53. The third-order valence-electron chi connectivity index (χ3n) is 2.61. The summed E-state index contributed by atoms with van der Waals surface area (Å²) < 4.78 is 15.2. The van der Waals surface area contributed by atoms with Crippen molar-refractivity contribution in [3.63, 3.8) is 0 Å². The number of rotatable bonds is 6. The van der Waals surface area contributed by atoms with Gasteiger partial charge in [-0.05, 0) is 18.2 Å². The van der Waals surface area contributed by atoms with Crippen molar-refractivity contribution in [3.05, 3.63) is 29.8 Å². The summed E-state index contributed by atoms with van der Waals surface area (Å²) in [5, 5.41) is 0. The van der Waals surface area contributed by atoms with E-state index in [-0.39, 0.29) is 5.91 Å². The first kappa shape index (κ1) is 14.5. The van der Waals surface area contributed by atoms with Crippen molar-refractivity contribution in [2.24, 2.45) is 0 Å². The lowest BCUT2D eigenvalue weighted by atomic mass is 10.2. The van der Waals surface area contributed by atoms with Crippen LogP contribution in [0.5, 0.6) is 5.75 Å². The molecule has 0 saturated carbocycles. The largest absolute Gasteiger partial charge is 0.497 e. The van der Waals surface area contributed by atoms with E-state index in [2.05, 4.69) is 0 Å². The van der Waals surface area contributed by atoms with Crippen molar-refractivity contribution in [1.29, 1.82) is 0 Å². The molecule has 0 spiro atoms. The Kier molecular flexibility index (Phi) is 5.61. The maximum Gasteiger partial charge on any atom is 0.253 e. The first-order valence-corrected chi connectivity index (χ1v) is 5.57. The molecule has 0 saturated heterocycles. The van der Waals surface area contributed by atoms with Gasteiger partial charge in [0.15, 0.2) is 6.29 Å². The van der Waals surface area contributed by atoms with E-state index in [0.717, 1.165) is 0 Å². The van der Waals surface area contributed by atoms with Crippen LogP contribution in [-0.4, -0.2) is 52.0 Å². The highest BCUT2D eigenvalue weighted by atomic mass is 16.7. The third-order valence-corrected chi connectivity index (χ3v) is 2.61. The van der Waals surface area contributed by atoms with Gasteiger partial charge in [-0.3, -0.25) is 4.79 Å². The topological polar surface area (TPSA) is 48.0 Å². The van der Waals surface area contributed by atoms with Crippen LogP contribution in [0.2, 0.25) is 0 Å². The molecule has 18 heavy (non-hydrogen) atoms. The molecule has 0 atom stereocenters. The van der Waals surface area contributed by atoms with E-state index in [1.807, 2.05) is 0 Å². The van der Waals surface area contributed by atoms with Crippen LogP contribution in [0, 0.1) is 0 Å². The molecular weight excluding hydrogens is 234 g/mol. The normalized spacial score (nSPS) is 10.5. The number of amides is 1. The first-order chi connectivity index (χ1) is 8.62. The lowest BCUT2D eigenvalue weighted by molar-refractivity contribution is -0.110. The van der Waals surface area contributed by atoms with E-state index in [1.165, 1.54) is 14.2 Å². The summed E-state index contributed by atoms with van der Waals surface area (Å²) in [7, 11) is 6.35. The molecule has 0 radical (unpaired) electrons. The first-order valence-electron chi connectivity index (χ1n) is 5.57. The van der Waals surface area contributed by atoms with Crippen LogP contribution in [0.25, 0.3) is 0 Å². The highest BCUT2D eigenvalue weighted by Crippen LogP contribution is 2.14. The van der Waals surface area contributed by atoms with E-state index < -0.39 is 6.29 Å². The molecule has 0 aromatic heterocycles. The molecule has 0 bridgehead atoms. The van der Waals surface area contributed by atoms with Crippen LogP contribution >= 0.6 is 0 Å². The van der Waals surface area contributed by atoms with Gasteiger partial charge in [0.05, 0.1) is 13.7 Å². The third kappa shape index (κ3) is 3.72. The van der Waals surface area contributed by atoms with Gasteiger partial charge in [-0.1, -0.05) is 6.07 Å². The van der Waals surface area contributed by atoms with Crippen LogP contribution in [0.4, 0.5) is 0 Å². The summed E-state index contributed by atoms with van der Waals surface area (Å²) in [6, 6.07) is 7.03. The Bertz CT molecular complexity index is 390. The van der Waals surface area contributed by atoms with Crippen LogP contribution < -0.4 is 4.74 Å². The second-order valence-corrected chi connectivity index (χ2v) is 3.82. The lowest BCUT2D eigenvalue weighted by Gasteiger charge is -2.22. The van der Waals surface area contributed by atoms with Crippen LogP contribution in [0.3, 0.4) is 0 Å². The highest BCUT2D eigenvalue weighted by molar-refractivity contribution is 5.94. The predicted octanol–water partition coefficient (Wildman–Crippen LogP) is 1.39. The van der Waals surface area contributed by atoms with Crippen molar-refractivity contribution in [2.75, 3.05) is 34.9 Å². The number of carbonyl (C=O) groups excluding carboxylic acids is 1. The Morgan fingerprint density at radius 1 is 1.28 bits per heavy atom. The molecule has 100 valence electrons. The average Bonchev–Trinajstić information content (AvgIpc) is 2.43. The van der Waals surface area contributed by atoms with Gasteiger partial charge in [0, 0.05) is 26.8 Å². The fraction of sp³-hybridized carbons (Fsp3) is 0.462. The predicted molar refractivity (Wildman–Crippen MR) is 67.8 cm³/mol. The Hall–Kier alpha value is -1.59. The van der Waals surface area contributed by atoms with Crippen LogP contribution in [0.15, 0.2) is 24.3 Å². The zero-order chi connectivity index (χ0) is 13.5. The summed E-state index contributed by atoms with van der Waals surface area (Å²) in [6.07, 6.45) is -0.426. The molecular formula is C13H19NO4. The second-order valence-electron chi connectivity index (χ2n) is 3.82. The molecule has 0 aliphatic rings. The molecule has 0 N–H and O–H groups in total. The number of hydrogen-bond donors (Lipinski definition) is 0. The highest BCUT2D eigenvalue weighted by Gasteiger charge is 2.16. The summed E-state index contributed by atoms with van der Waals surface area (Å²) in [6.45, 7) is 0.364. The fourth-order valence-electron chi connectivity index (χ4n) is 1.53. The zero-order valence-corrected chi connectivity index (χ0v) is 11.2. The zero-order valence-electron chi connectivity index (χ0n) is 11.2. The van der Waals surface area contributed by atoms with E-state index in [0.29, 0.717) is 17.9 Å². The summed E-state index contributed by atoms with van der Waals surface area (Å²) in [4.78, 5) is 13.7. The van der Waals surface area contributed by atoms with Crippen LogP contribution in [-0.2, 0) is 9.47 Å². The number of nitrogens with zero attached hydrogens (tertiary/aromatic N) is 1. The Labute approximate surface area is 107 Å². The molecule has 5 nitrogen and oxygen atoms in total. The van der Waals surface area contributed by atoms with E-state index in [9.17, 15) is 4.79 Å². The maximum absolute atomic E-state index is 12.1. The number of likely N-dealkylation sites (N-methyl/N-ethyl adjacent to an activating group) is 1. The SMILES string of the molecule is COc1cccc(C(=O)N(C)CC(OC)OC)c1. The quantitative estimate of drug-likeness (QED) is 0.719. The molecule has 0 aliphatic heterocycles. The van der Waals surface area contributed by atoms with Crippen molar-refractivity contribution in [3.8, 4) is 5.75 Å². The maximum atomic E-state index is 12.1. The van der Waals surface area contributed by atoms with Gasteiger partial charge in [-0.25, -0.2) is 0 Å². The Balaban J connectivity index is 2.73. The molecule has 1 amide bonds. The van der Waals surface area contributed by atoms with Crippen molar-refractivity contribution >= 4 is 5.91 Å². The minimum absolute atomic E-state index is 0.104. The summed E-state index contributed by atoms with van der Waals surface area (Å²) in [5.41, 5.74) is 0.572. The van der Waals surface area contributed by atoms with Gasteiger partial charge < -0.3 is 19.1 Å². The Morgan fingerprint density at radius 3 is 2.50 bits per heavy atom. The van der Waals surface area contributed by atoms with E-state index >= 15 is 0 Å². The van der Waals surface area contributed by atoms with Gasteiger partial charge in [0.1, 0.15) is 5.75 Å². The molecule has 0 aliphatic carbocycles. The minimum atomic E-state index is -0.426. The van der Waals surface area contributed by atoms with E-state index in [4.69, 9.17) is 14.2 Å². The van der Waals surface area contributed by atoms with Gasteiger partial charge in [0.2, 0.25) is 0 Å². The number of methoxy groups -OCH3 is 3. The van der Waals surface area contributed by atoms with E-state index in [1.54, 1.807) is 43.3 Å². The lowest BCUT2D eigenvalue weighted by Crippen LogP contribution is -2.36. The van der Waals surface area contributed by atoms with Gasteiger partial charge in [0.25, 0.3) is 5.91 Å². The van der Waals surface area contributed by atoms with Gasteiger partial charge in [-0.15, -0.1) is 0 Å². The second kappa shape index (κ2) is 6.98. The molecule has 5 heteroatoms. The smallest absolute Gasteiger partial charge is 0.253 e. The van der Waals surface area contributed by atoms with Gasteiger partial charge in [-0.2, -0.15) is 0 Å². The molecule has 1 rings (SSSR count). The molecule has 1 aromatic carbocycles. The number of benzene rings is 1.